The Hall–Kier alpha value is -1.62. The number of hydrogen-bond donors (Lipinski definition) is 1. The van der Waals surface area contributed by atoms with E-state index in [1.165, 1.54) is 18.4 Å². The summed E-state index contributed by atoms with van der Waals surface area (Å²) in [6.07, 6.45) is 6.91. The van der Waals surface area contributed by atoms with E-state index < -0.39 is 0 Å². The number of urea groups is 1. The molecule has 1 aliphatic carbocycles. The highest BCUT2D eigenvalue weighted by molar-refractivity contribution is 5.92. The van der Waals surface area contributed by atoms with Crippen LogP contribution in [0.4, 0.5) is 10.6 Å². The number of ether oxygens (including phenoxy) is 1. The number of carbonyl (C=O) groups is 1. The van der Waals surface area contributed by atoms with Crippen LogP contribution in [-0.2, 0) is 11.2 Å². The number of methoxy groups -OCH3 is 1. The topological polar surface area (TPSA) is 54.5 Å². The minimum Gasteiger partial charge on any atom is -0.381 e. The summed E-state index contributed by atoms with van der Waals surface area (Å²) in [4.78, 5) is 19.0. The monoisotopic (exact) mass is 317 g/mol. The fourth-order valence-electron chi connectivity index (χ4n) is 3.70. The molecular formula is C18H27N3O2. The van der Waals surface area contributed by atoms with E-state index in [0.717, 1.165) is 50.3 Å². The Bertz CT molecular complexity index is 561. The van der Waals surface area contributed by atoms with Gasteiger partial charge in [-0.3, -0.25) is 4.90 Å². The third-order valence-corrected chi connectivity index (χ3v) is 5.03. The lowest BCUT2D eigenvalue weighted by molar-refractivity contribution is 0.0512. The molecule has 2 unspecified atom stereocenters. The van der Waals surface area contributed by atoms with Crippen molar-refractivity contribution in [1.29, 1.82) is 0 Å². The molecule has 2 aliphatic rings. The fraction of sp³-hybridized carbons (Fsp3) is 0.667. The van der Waals surface area contributed by atoms with Gasteiger partial charge < -0.3 is 10.1 Å². The zero-order valence-electron chi connectivity index (χ0n) is 14.2. The maximum absolute atomic E-state index is 12.6. The number of rotatable bonds is 3. The lowest BCUT2D eigenvalue weighted by Crippen LogP contribution is -2.45. The van der Waals surface area contributed by atoms with E-state index in [-0.39, 0.29) is 6.03 Å². The molecular weight excluding hydrogens is 290 g/mol. The van der Waals surface area contributed by atoms with Crippen molar-refractivity contribution >= 4 is 11.8 Å². The van der Waals surface area contributed by atoms with Gasteiger partial charge in [0.05, 0.1) is 6.10 Å². The van der Waals surface area contributed by atoms with Crippen LogP contribution in [0.3, 0.4) is 0 Å². The Labute approximate surface area is 138 Å². The predicted molar refractivity (Wildman–Crippen MR) is 90.8 cm³/mol. The number of aryl methyl sites for hydroxylation is 2. The van der Waals surface area contributed by atoms with Crippen molar-refractivity contribution in [3.05, 3.63) is 23.4 Å². The molecule has 0 spiro atoms. The molecule has 5 nitrogen and oxygen atoms in total. The number of hydrogen-bond acceptors (Lipinski definition) is 3. The minimum atomic E-state index is -0.0106. The van der Waals surface area contributed by atoms with Crippen molar-refractivity contribution in [3.8, 4) is 0 Å². The molecule has 0 bridgehead atoms. The van der Waals surface area contributed by atoms with Gasteiger partial charge in [-0.05, 0) is 56.6 Å². The third kappa shape index (κ3) is 3.83. The lowest BCUT2D eigenvalue weighted by atomic mass is 9.87. The number of anilines is 1. The van der Waals surface area contributed by atoms with E-state index in [4.69, 9.17) is 4.74 Å². The molecule has 1 aliphatic heterocycles. The molecule has 0 saturated heterocycles. The average Bonchev–Trinajstić information content (AvgIpc) is 2.59. The quantitative estimate of drug-likeness (QED) is 0.932. The van der Waals surface area contributed by atoms with Crippen LogP contribution in [0, 0.1) is 12.8 Å². The zero-order valence-corrected chi connectivity index (χ0v) is 14.2. The normalized spacial score (nSPS) is 24.2. The largest absolute Gasteiger partial charge is 0.381 e. The maximum Gasteiger partial charge on any atom is 0.323 e. The molecule has 126 valence electrons. The highest BCUT2D eigenvalue weighted by Crippen LogP contribution is 2.27. The van der Waals surface area contributed by atoms with Gasteiger partial charge in [-0.25, -0.2) is 9.78 Å². The van der Waals surface area contributed by atoms with Gasteiger partial charge in [-0.15, -0.1) is 0 Å². The number of nitrogens with zero attached hydrogens (tertiary/aromatic N) is 2. The van der Waals surface area contributed by atoms with Crippen LogP contribution in [0.5, 0.6) is 0 Å². The Balaban J connectivity index is 1.60. The summed E-state index contributed by atoms with van der Waals surface area (Å²) in [5.74, 6) is 1.36. The highest BCUT2D eigenvalue weighted by atomic mass is 16.5. The number of nitrogens with one attached hydrogen (secondary N) is 1. The average molecular weight is 317 g/mol. The van der Waals surface area contributed by atoms with Crippen LogP contribution >= 0.6 is 0 Å². The van der Waals surface area contributed by atoms with Gasteiger partial charge in [-0.1, -0.05) is 12.5 Å². The van der Waals surface area contributed by atoms with Gasteiger partial charge in [0, 0.05) is 25.9 Å². The molecule has 23 heavy (non-hydrogen) atoms. The maximum atomic E-state index is 12.6. The van der Waals surface area contributed by atoms with E-state index in [9.17, 15) is 4.79 Å². The second-order valence-corrected chi connectivity index (χ2v) is 6.77. The van der Waals surface area contributed by atoms with E-state index in [1.807, 2.05) is 17.9 Å². The first-order chi connectivity index (χ1) is 11.2. The van der Waals surface area contributed by atoms with Gasteiger partial charge in [0.15, 0.2) is 0 Å². The highest BCUT2D eigenvalue weighted by Gasteiger charge is 2.26. The van der Waals surface area contributed by atoms with Crippen molar-refractivity contribution in [1.82, 2.24) is 10.3 Å². The molecule has 2 atom stereocenters. The van der Waals surface area contributed by atoms with Crippen molar-refractivity contribution in [3.63, 3.8) is 0 Å². The first-order valence-electron chi connectivity index (χ1n) is 8.72. The Morgan fingerprint density at radius 3 is 3.09 bits per heavy atom. The minimum absolute atomic E-state index is 0.0106. The molecule has 0 aromatic carbocycles. The van der Waals surface area contributed by atoms with Crippen molar-refractivity contribution < 1.29 is 9.53 Å². The standard InChI is InChI=1S/C18H27N3O2/c1-13-8-9-15-6-4-10-21(17(15)20-13)18(22)19-12-14-5-3-7-16(11-14)23-2/h8-9,14,16H,3-7,10-12H2,1-2H3,(H,19,22). The first kappa shape index (κ1) is 16.2. The number of amides is 2. The van der Waals surface area contributed by atoms with Crippen LogP contribution in [0.25, 0.3) is 0 Å². The van der Waals surface area contributed by atoms with E-state index in [0.29, 0.717) is 12.0 Å². The summed E-state index contributed by atoms with van der Waals surface area (Å²) in [6, 6.07) is 4.11. The molecule has 1 saturated carbocycles. The van der Waals surface area contributed by atoms with Crippen LogP contribution in [0.2, 0.25) is 0 Å². The molecule has 5 heteroatoms. The molecule has 1 fully saturated rings. The third-order valence-electron chi connectivity index (χ3n) is 5.03. The van der Waals surface area contributed by atoms with Gasteiger partial charge in [0.1, 0.15) is 5.82 Å². The molecule has 0 radical (unpaired) electrons. The molecule has 2 amide bonds. The van der Waals surface area contributed by atoms with Gasteiger partial charge in [0.25, 0.3) is 0 Å². The van der Waals surface area contributed by atoms with Crippen LogP contribution in [0.15, 0.2) is 12.1 Å². The van der Waals surface area contributed by atoms with Crippen LogP contribution < -0.4 is 10.2 Å². The summed E-state index contributed by atoms with van der Waals surface area (Å²) in [5.41, 5.74) is 2.13. The lowest BCUT2D eigenvalue weighted by Gasteiger charge is -2.31. The van der Waals surface area contributed by atoms with Gasteiger partial charge in [0.2, 0.25) is 0 Å². The van der Waals surface area contributed by atoms with Gasteiger partial charge >= 0.3 is 6.03 Å². The number of pyridine rings is 1. The van der Waals surface area contributed by atoms with E-state index in [1.54, 1.807) is 7.11 Å². The van der Waals surface area contributed by atoms with Crippen molar-refractivity contribution in [2.24, 2.45) is 5.92 Å². The summed E-state index contributed by atoms with van der Waals surface area (Å²) in [7, 11) is 1.78. The first-order valence-corrected chi connectivity index (χ1v) is 8.72. The Kier molecular flexibility index (Phi) is 5.16. The fourth-order valence-corrected chi connectivity index (χ4v) is 3.70. The predicted octanol–water partition coefficient (Wildman–Crippen LogP) is 3.06. The van der Waals surface area contributed by atoms with Crippen LogP contribution in [-0.4, -0.2) is 37.3 Å². The van der Waals surface area contributed by atoms with Gasteiger partial charge in [-0.2, -0.15) is 0 Å². The molecule has 3 rings (SSSR count). The number of aromatic nitrogens is 1. The Morgan fingerprint density at radius 2 is 2.26 bits per heavy atom. The second-order valence-electron chi connectivity index (χ2n) is 6.77. The van der Waals surface area contributed by atoms with E-state index >= 15 is 0 Å². The van der Waals surface area contributed by atoms with Crippen molar-refractivity contribution in [2.45, 2.75) is 51.6 Å². The summed E-state index contributed by atoms with van der Waals surface area (Å²) in [5, 5.41) is 3.12. The molecule has 1 aromatic rings. The smallest absolute Gasteiger partial charge is 0.323 e. The van der Waals surface area contributed by atoms with Crippen molar-refractivity contribution in [2.75, 3.05) is 25.1 Å². The Morgan fingerprint density at radius 1 is 1.39 bits per heavy atom. The summed E-state index contributed by atoms with van der Waals surface area (Å²) >= 11 is 0. The van der Waals surface area contributed by atoms with E-state index in [2.05, 4.69) is 16.4 Å². The summed E-state index contributed by atoms with van der Waals surface area (Å²) < 4.78 is 5.47. The van der Waals surface area contributed by atoms with Crippen LogP contribution in [0.1, 0.15) is 43.4 Å². The SMILES string of the molecule is COC1CCCC(CNC(=O)N2CCCc3ccc(C)nc32)C1. The second kappa shape index (κ2) is 7.30. The zero-order chi connectivity index (χ0) is 16.2. The molecule has 1 N–H and O–H groups in total. The summed E-state index contributed by atoms with van der Waals surface area (Å²) in [6.45, 7) is 3.45. The molecule has 1 aromatic heterocycles. The molecule has 2 heterocycles. The number of fused-ring (bicyclic) bond motifs is 1. The number of carbonyl (C=O) groups excluding carboxylic acids is 1.